The molecule has 0 spiro atoms. The summed E-state index contributed by atoms with van der Waals surface area (Å²) < 4.78 is 39.1. The lowest BCUT2D eigenvalue weighted by Crippen LogP contribution is -2.28. The van der Waals surface area contributed by atoms with Crippen LogP contribution in [0, 0.1) is 0 Å². The number of carbonyl (C=O) groups is 1. The maximum Gasteiger partial charge on any atom is 0.472 e. The Kier molecular flexibility index (Phi) is 33.7. The number of phosphoric acid groups is 1. The second kappa shape index (κ2) is 36.1. The number of allylic oxidation sites excluding steroid dienone is 6. The maximum atomic E-state index is 12.6. The highest BCUT2D eigenvalue weighted by molar-refractivity contribution is 7.47. The summed E-state index contributed by atoms with van der Waals surface area (Å²) in [6.07, 6.45) is 44.5. The van der Waals surface area contributed by atoms with Crippen LogP contribution in [0.5, 0.6) is 0 Å². The number of carbonyl (C=O) groups excluding carboxylic acids is 1. The van der Waals surface area contributed by atoms with E-state index >= 15 is 0 Å². The number of nitrogens with two attached hydrogens (primary N) is 1. The third-order valence-corrected chi connectivity index (χ3v) is 10.1. The minimum Gasteiger partial charge on any atom is -0.457 e. The highest BCUT2D eigenvalue weighted by atomic mass is 31.2. The first kappa shape index (κ1) is 49.4. The lowest BCUT2D eigenvalue weighted by Gasteiger charge is -2.20. The molecule has 0 aromatic heterocycles. The number of rotatable bonds is 39. The SMILES string of the molecule is CCCCC/C=C/CC1OC1C/C=C\C/C=C\CCCC(=O)OC(COCCCCCCCC/C=C\CCCCCCCC)COP(=O)(O)OCCN. The van der Waals surface area contributed by atoms with Crippen molar-refractivity contribution in [1.29, 1.82) is 0 Å². The van der Waals surface area contributed by atoms with E-state index in [1.165, 1.54) is 96.3 Å². The molecule has 9 nitrogen and oxygen atoms in total. The van der Waals surface area contributed by atoms with Crippen molar-refractivity contribution < 1.29 is 37.5 Å². The van der Waals surface area contributed by atoms with Crippen LogP contribution in [0.25, 0.3) is 0 Å². The predicted octanol–water partition coefficient (Wildman–Crippen LogP) is 11.4. The maximum absolute atomic E-state index is 12.6. The van der Waals surface area contributed by atoms with Gasteiger partial charge < -0.3 is 24.8 Å². The van der Waals surface area contributed by atoms with Crippen molar-refractivity contribution >= 4 is 13.8 Å². The molecule has 53 heavy (non-hydrogen) atoms. The Labute approximate surface area is 324 Å². The lowest BCUT2D eigenvalue weighted by molar-refractivity contribution is -0.154. The monoisotopic (exact) mass is 768 g/mol. The smallest absolute Gasteiger partial charge is 0.457 e. The van der Waals surface area contributed by atoms with E-state index < -0.39 is 19.9 Å². The van der Waals surface area contributed by atoms with Crippen molar-refractivity contribution in [2.45, 2.75) is 186 Å². The van der Waals surface area contributed by atoms with Crippen molar-refractivity contribution in [3.8, 4) is 0 Å². The summed E-state index contributed by atoms with van der Waals surface area (Å²) in [4.78, 5) is 22.5. The van der Waals surface area contributed by atoms with Crippen LogP contribution in [0.3, 0.4) is 0 Å². The van der Waals surface area contributed by atoms with Gasteiger partial charge in [-0.2, -0.15) is 0 Å². The first-order valence-corrected chi connectivity index (χ1v) is 22.8. The van der Waals surface area contributed by atoms with Crippen molar-refractivity contribution in [3.05, 3.63) is 48.6 Å². The molecular formula is C43H78NO8P. The second-order valence-electron chi connectivity index (χ2n) is 14.2. The van der Waals surface area contributed by atoms with Crippen LogP contribution in [0.15, 0.2) is 48.6 Å². The number of ether oxygens (including phenoxy) is 3. The van der Waals surface area contributed by atoms with Crippen LogP contribution in [0.4, 0.5) is 0 Å². The van der Waals surface area contributed by atoms with Crippen molar-refractivity contribution in [2.75, 3.05) is 33.0 Å². The van der Waals surface area contributed by atoms with E-state index in [4.69, 9.17) is 29.0 Å². The second-order valence-corrected chi connectivity index (χ2v) is 15.7. The van der Waals surface area contributed by atoms with Crippen LogP contribution < -0.4 is 5.73 Å². The Bertz CT molecular complexity index is 1020. The average molecular weight is 768 g/mol. The third kappa shape index (κ3) is 33.5. The fourth-order valence-corrected chi connectivity index (χ4v) is 6.61. The number of epoxide rings is 1. The fourth-order valence-electron chi connectivity index (χ4n) is 5.85. The standard InChI is InChI=1S/C43H78NO8P/c1-3-5-7-9-11-12-13-14-15-16-17-18-19-23-27-31-36-48-38-40(39-50-53(46,47)49-37-35-44)51-43(45)34-30-26-22-20-21-25-29-33-42-41(52-42)32-28-24-10-8-6-4-2/h14-15,20,22,24-25,28-29,40-42H,3-13,16-19,21,23,26-27,30-39,44H2,1-2H3,(H,46,47)/b15-14-,22-20-,28-24+,29-25-. The summed E-state index contributed by atoms with van der Waals surface area (Å²) in [6, 6.07) is 0. The van der Waals surface area contributed by atoms with E-state index in [9.17, 15) is 14.3 Å². The van der Waals surface area contributed by atoms with Crippen LogP contribution in [-0.4, -0.2) is 62.1 Å². The molecule has 1 rings (SSSR count). The van der Waals surface area contributed by atoms with Gasteiger partial charge in [-0.1, -0.05) is 133 Å². The van der Waals surface area contributed by atoms with E-state index in [1.54, 1.807) is 0 Å². The Morgan fingerprint density at radius 3 is 1.83 bits per heavy atom. The normalized spacial score (nSPS) is 17.8. The molecule has 1 saturated heterocycles. The molecule has 1 aliphatic heterocycles. The highest BCUT2D eigenvalue weighted by Gasteiger charge is 2.36. The topological polar surface area (TPSA) is 130 Å². The number of hydrogen-bond donors (Lipinski definition) is 2. The van der Waals surface area contributed by atoms with Crippen LogP contribution >= 0.6 is 7.82 Å². The summed E-state index contributed by atoms with van der Waals surface area (Å²) in [6.45, 7) is 4.78. The van der Waals surface area contributed by atoms with E-state index in [-0.39, 0.29) is 32.8 Å². The zero-order chi connectivity index (χ0) is 38.5. The molecule has 0 saturated carbocycles. The van der Waals surface area contributed by atoms with Gasteiger partial charge in [0.15, 0.2) is 0 Å². The quantitative estimate of drug-likeness (QED) is 0.0206. The highest BCUT2D eigenvalue weighted by Crippen LogP contribution is 2.43. The molecule has 4 unspecified atom stereocenters. The van der Waals surface area contributed by atoms with Crippen LogP contribution in [0.1, 0.15) is 168 Å². The minimum absolute atomic E-state index is 0.0856. The Morgan fingerprint density at radius 1 is 0.660 bits per heavy atom. The molecule has 0 aromatic rings. The summed E-state index contributed by atoms with van der Waals surface area (Å²) in [5.41, 5.74) is 5.36. The van der Waals surface area contributed by atoms with Gasteiger partial charge in [-0.15, -0.1) is 0 Å². The van der Waals surface area contributed by atoms with E-state index in [1.807, 2.05) is 0 Å². The lowest BCUT2D eigenvalue weighted by atomic mass is 10.1. The van der Waals surface area contributed by atoms with Crippen LogP contribution in [0.2, 0.25) is 0 Å². The molecule has 0 aromatic carbocycles. The number of hydrogen-bond acceptors (Lipinski definition) is 8. The molecule has 3 N–H and O–H groups in total. The molecule has 0 bridgehead atoms. The number of phosphoric ester groups is 1. The van der Waals surface area contributed by atoms with Crippen LogP contribution in [-0.2, 0) is 32.6 Å². The van der Waals surface area contributed by atoms with Gasteiger partial charge in [0.05, 0.1) is 32.0 Å². The predicted molar refractivity (Wildman–Crippen MR) is 219 cm³/mol. The van der Waals surface area contributed by atoms with Gasteiger partial charge in [0.2, 0.25) is 0 Å². The van der Waals surface area contributed by atoms with Gasteiger partial charge >= 0.3 is 13.8 Å². The molecule has 10 heteroatoms. The zero-order valence-corrected chi connectivity index (χ0v) is 34.6. The molecule has 308 valence electrons. The molecule has 4 atom stereocenters. The fraction of sp³-hybridized carbons (Fsp3) is 0.791. The van der Waals surface area contributed by atoms with Gasteiger partial charge in [0, 0.05) is 19.6 Å². The van der Waals surface area contributed by atoms with Gasteiger partial charge in [0.1, 0.15) is 6.10 Å². The molecule has 1 heterocycles. The van der Waals surface area contributed by atoms with Crippen molar-refractivity contribution in [1.82, 2.24) is 0 Å². The first-order chi connectivity index (χ1) is 25.9. The van der Waals surface area contributed by atoms with E-state index in [0.29, 0.717) is 25.2 Å². The molecular weight excluding hydrogens is 689 g/mol. The average Bonchev–Trinajstić information content (AvgIpc) is 3.90. The van der Waals surface area contributed by atoms with Gasteiger partial charge in [-0.05, 0) is 77.0 Å². The summed E-state index contributed by atoms with van der Waals surface area (Å²) in [5, 5.41) is 0. The Hall–Kier alpha value is -1.58. The van der Waals surface area contributed by atoms with Gasteiger partial charge in [0.25, 0.3) is 0 Å². The molecule has 1 fully saturated rings. The minimum atomic E-state index is -4.30. The summed E-state index contributed by atoms with van der Waals surface area (Å²) in [5.74, 6) is -0.391. The summed E-state index contributed by atoms with van der Waals surface area (Å²) in [7, 11) is -4.30. The summed E-state index contributed by atoms with van der Waals surface area (Å²) >= 11 is 0. The largest absolute Gasteiger partial charge is 0.472 e. The van der Waals surface area contributed by atoms with Crippen molar-refractivity contribution in [2.24, 2.45) is 5.73 Å². The molecule has 1 aliphatic rings. The van der Waals surface area contributed by atoms with Gasteiger partial charge in [-0.3, -0.25) is 13.8 Å². The number of unbranched alkanes of at least 4 members (excludes halogenated alkanes) is 16. The van der Waals surface area contributed by atoms with Crippen molar-refractivity contribution in [3.63, 3.8) is 0 Å². The third-order valence-electron chi connectivity index (χ3n) is 9.12. The van der Waals surface area contributed by atoms with E-state index in [2.05, 4.69) is 62.5 Å². The Morgan fingerprint density at radius 2 is 1.17 bits per heavy atom. The zero-order valence-electron chi connectivity index (χ0n) is 33.7. The molecule has 0 aliphatic carbocycles. The van der Waals surface area contributed by atoms with Gasteiger partial charge in [-0.25, -0.2) is 4.57 Å². The molecule has 0 radical (unpaired) electrons. The first-order valence-electron chi connectivity index (χ1n) is 21.3. The molecule has 0 amide bonds. The Balaban J connectivity index is 2.18. The number of esters is 1. The van der Waals surface area contributed by atoms with E-state index in [0.717, 1.165) is 44.9 Å².